The molecule has 0 aliphatic carbocycles. The molecule has 0 aromatic heterocycles. The number of urea groups is 1. The summed E-state index contributed by atoms with van der Waals surface area (Å²) in [6, 6.07) is -0.585. The summed E-state index contributed by atoms with van der Waals surface area (Å²) < 4.78 is 0. The molecule has 5 N–H and O–H groups in total. The van der Waals surface area contributed by atoms with Gasteiger partial charge in [0.2, 0.25) is 0 Å². The Labute approximate surface area is 66.3 Å². The van der Waals surface area contributed by atoms with Crippen molar-refractivity contribution in [3.05, 3.63) is 0 Å². The van der Waals surface area contributed by atoms with Gasteiger partial charge >= 0.3 is 6.03 Å². The molecule has 4 heteroatoms. The first kappa shape index (κ1) is 12.1. The van der Waals surface area contributed by atoms with Gasteiger partial charge in [-0.1, -0.05) is 11.8 Å². The van der Waals surface area contributed by atoms with Crippen LogP contribution in [0.15, 0.2) is 0 Å². The molecule has 0 aliphatic rings. The molecule has 11 heavy (non-hydrogen) atoms. The quantitative estimate of drug-likeness (QED) is 0.416. The fourth-order valence-corrected chi connectivity index (χ4v) is 0.138. The third kappa shape index (κ3) is 30.0. The number of carbonyl (C=O) groups is 1. The number of terminal acetylenes is 2. The van der Waals surface area contributed by atoms with Crippen molar-refractivity contribution in [1.82, 2.24) is 5.32 Å². The predicted molar refractivity (Wildman–Crippen MR) is 44.3 cm³/mol. The van der Waals surface area contributed by atoms with Crippen LogP contribution in [0.3, 0.4) is 0 Å². The summed E-state index contributed by atoms with van der Waals surface area (Å²) in [6.07, 6.45) is 9.41. The van der Waals surface area contributed by atoms with E-state index in [4.69, 9.17) is 12.2 Å². The van der Waals surface area contributed by atoms with E-state index >= 15 is 0 Å². The summed E-state index contributed by atoms with van der Waals surface area (Å²) in [7, 11) is 0. The summed E-state index contributed by atoms with van der Waals surface area (Å²) in [5, 5.41) is 2.20. The fourth-order valence-electron chi connectivity index (χ4n) is 0.138. The van der Waals surface area contributed by atoms with Crippen LogP contribution in [0.5, 0.6) is 0 Å². The topological polar surface area (TPSA) is 81.1 Å². The highest BCUT2D eigenvalue weighted by molar-refractivity contribution is 5.71. The lowest BCUT2D eigenvalue weighted by Gasteiger charge is -1.88. The van der Waals surface area contributed by atoms with Crippen molar-refractivity contribution < 1.29 is 4.79 Å². The molecule has 2 amide bonds. The van der Waals surface area contributed by atoms with Crippen molar-refractivity contribution in [1.29, 1.82) is 0 Å². The summed E-state index contributed by atoms with van der Waals surface area (Å²) in [4.78, 5) is 9.77. The van der Waals surface area contributed by atoms with Gasteiger partial charge in [0.15, 0.2) is 0 Å². The Morgan fingerprint density at radius 1 is 1.45 bits per heavy atom. The molecule has 0 bridgehead atoms. The Balaban J connectivity index is 0. The van der Waals surface area contributed by atoms with Gasteiger partial charge in [0.1, 0.15) is 0 Å². The number of primary amides is 1. The van der Waals surface area contributed by atoms with Gasteiger partial charge in [-0.05, 0) is 0 Å². The van der Waals surface area contributed by atoms with E-state index in [0.717, 1.165) is 0 Å². The Bertz CT molecular complexity index is 175. The molecule has 0 aromatic rings. The third-order valence-electron chi connectivity index (χ3n) is 0.483. The van der Waals surface area contributed by atoms with Gasteiger partial charge in [-0.25, -0.2) is 4.79 Å². The molecular formula is C7H11N3O. The van der Waals surface area contributed by atoms with Gasteiger partial charge in [0.25, 0.3) is 0 Å². The third-order valence-corrected chi connectivity index (χ3v) is 0.483. The minimum absolute atomic E-state index is 0.204. The molecule has 0 unspecified atom stereocenters. The van der Waals surface area contributed by atoms with Crippen LogP contribution >= 0.6 is 0 Å². The molecule has 60 valence electrons. The Morgan fingerprint density at radius 3 is 2.00 bits per heavy atom. The summed E-state index contributed by atoms with van der Waals surface area (Å²) in [5.41, 5.74) is 9.42. The van der Waals surface area contributed by atoms with E-state index in [1.807, 2.05) is 0 Å². The molecule has 0 aromatic carbocycles. The molecule has 0 heterocycles. The second-order valence-corrected chi connectivity index (χ2v) is 1.33. The fraction of sp³-hybridized carbons (Fsp3) is 0.286. The van der Waals surface area contributed by atoms with Crippen molar-refractivity contribution in [2.24, 2.45) is 11.5 Å². The average molecular weight is 153 g/mol. The highest BCUT2D eigenvalue weighted by Crippen LogP contribution is 1.50. The summed E-state index contributed by atoms with van der Waals surface area (Å²) in [5.74, 6) is 4.40. The maximum atomic E-state index is 9.77. The van der Waals surface area contributed by atoms with E-state index in [-0.39, 0.29) is 6.54 Å². The first-order valence-electron chi connectivity index (χ1n) is 2.79. The van der Waals surface area contributed by atoms with Crippen LogP contribution in [0, 0.1) is 24.7 Å². The maximum Gasteiger partial charge on any atom is 0.312 e. The standard InChI is InChI=1S/C4H6N2O.C3H5N/c1-2-3-6-4(5)7;1-2-3-4/h1H,3H2,(H3,5,6,7);1H,3-4H2. The minimum atomic E-state index is -0.585. The lowest BCUT2D eigenvalue weighted by atomic mass is 10.7. The average Bonchev–Trinajstić information content (AvgIpc) is 2.01. The number of nitrogens with two attached hydrogens (primary N) is 2. The van der Waals surface area contributed by atoms with Crippen LogP contribution in [0.2, 0.25) is 0 Å². The van der Waals surface area contributed by atoms with Crippen LogP contribution in [0.1, 0.15) is 0 Å². The van der Waals surface area contributed by atoms with Crippen LogP contribution in [0.25, 0.3) is 0 Å². The van der Waals surface area contributed by atoms with Crippen molar-refractivity contribution >= 4 is 6.03 Å². The monoisotopic (exact) mass is 153 g/mol. The molecule has 0 saturated carbocycles. The molecule has 4 nitrogen and oxygen atoms in total. The molecule has 0 saturated heterocycles. The van der Waals surface area contributed by atoms with Gasteiger partial charge < -0.3 is 16.8 Å². The van der Waals surface area contributed by atoms with Gasteiger partial charge in [-0.2, -0.15) is 0 Å². The van der Waals surface area contributed by atoms with Crippen molar-refractivity contribution in [3.63, 3.8) is 0 Å². The Hall–Kier alpha value is -1.65. The minimum Gasteiger partial charge on any atom is -0.352 e. The van der Waals surface area contributed by atoms with E-state index in [2.05, 4.69) is 29.3 Å². The normalized spacial score (nSPS) is 6.09. The number of hydrogen-bond donors (Lipinski definition) is 3. The number of amides is 2. The van der Waals surface area contributed by atoms with Crippen LogP contribution < -0.4 is 16.8 Å². The van der Waals surface area contributed by atoms with E-state index in [1.54, 1.807) is 0 Å². The molecule has 0 atom stereocenters. The second-order valence-electron chi connectivity index (χ2n) is 1.33. The zero-order chi connectivity index (χ0) is 9.11. The molecule has 0 rings (SSSR count). The first-order valence-corrected chi connectivity index (χ1v) is 2.79. The van der Waals surface area contributed by atoms with E-state index < -0.39 is 6.03 Å². The largest absolute Gasteiger partial charge is 0.352 e. The molecular weight excluding hydrogens is 142 g/mol. The number of rotatable bonds is 1. The van der Waals surface area contributed by atoms with Gasteiger partial charge in [-0.3, -0.25) is 0 Å². The predicted octanol–water partition coefficient (Wildman–Crippen LogP) is -1.13. The number of nitrogens with one attached hydrogen (secondary N) is 1. The zero-order valence-corrected chi connectivity index (χ0v) is 6.13. The summed E-state index contributed by atoms with van der Waals surface area (Å²) >= 11 is 0. The van der Waals surface area contributed by atoms with Crippen molar-refractivity contribution in [3.8, 4) is 24.7 Å². The Morgan fingerprint density at radius 2 is 1.91 bits per heavy atom. The SMILES string of the molecule is C#CCN.C#CCNC(N)=O. The highest BCUT2D eigenvalue weighted by Gasteiger charge is 1.81. The van der Waals surface area contributed by atoms with E-state index in [0.29, 0.717) is 6.54 Å². The first-order chi connectivity index (χ1) is 5.18. The molecule has 0 fully saturated rings. The molecule has 0 radical (unpaired) electrons. The van der Waals surface area contributed by atoms with E-state index in [1.165, 1.54) is 0 Å². The molecule has 0 aliphatic heterocycles. The number of hydrogen-bond acceptors (Lipinski definition) is 2. The van der Waals surface area contributed by atoms with Crippen molar-refractivity contribution in [2.45, 2.75) is 0 Å². The van der Waals surface area contributed by atoms with Gasteiger partial charge in [0.05, 0.1) is 13.1 Å². The molecule has 0 spiro atoms. The summed E-state index contributed by atoms with van der Waals surface area (Å²) in [6.45, 7) is 0.551. The van der Waals surface area contributed by atoms with Crippen LogP contribution in [-0.4, -0.2) is 19.1 Å². The van der Waals surface area contributed by atoms with Crippen LogP contribution in [-0.2, 0) is 0 Å². The smallest absolute Gasteiger partial charge is 0.312 e. The van der Waals surface area contributed by atoms with E-state index in [9.17, 15) is 4.79 Å². The lowest BCUT2D eigenvalue weighted by Crippen LogP contribution is -2.29. The Kier molecular flexibility index (Phi) is 12.3. The van der Waals surface area contributed by atoms with Gasteiger partial charge in [0, 0.05) is 0 Å². The highest BCUT2D eigenvalue weighted by atomic mass is 16.2. The van der Waals surface area contributed by atoms with Crippen LogP contribution in [0.4, 0.5) is 4.79 Å². The van der Waals surface area contributed by atoms with Crippen molar-refractivity contribution in [2.75, 3.05) is 13.1 Å². The number of carbonyl (C=O) groups excluding carboxylic acids is 1. The maximum absolute atomic E-state index is 9.77. The van der Waals surface area contributed by atoms with Gasteiger partial charge in [-0.15, -0.1) is 12.8 Å². The zero-order valence-electron chi connectivity index (χ0n) is 6.13. The second kappa shape index (κ2) is 11.2. The lowest BCUT2D eigenvalue weighted by molar-refractivity contribution is 0.250.